The fourth-order valence-electron chi connectivity index (χ4n) is 5.35. The maximum atomic E-state index is 4.93. The van der Waals surface area contributed by atoms with Crippen LogP contribution in [0.25, 0.3) is 70.9 Å². The Morgan fingerprint density at radius 2 is 1.12 bits per heavy atom. The zero-order valence-corrected chi connectivity index (χ0v) is 22.2. The molecule has 0 radical (unpaired) electrons. The molecule has 188 valence electrons. The van der Waals surface area contributed by atoms with Crippen molar-refractivity contribution in [2.45, 2.75) is 0 Å². The van der Waals surface area contributed by atoms with Gasteiger partial charge < -0.3 is 4.57 Å². The summed E-state index contributed by atoms with van der Waals surface area (Å²) in [5.74, 6) is 1.97. The van der Waals surface area contributed by atoms with Crippen LogP contribution in [0, 0.1) is 0 Å². The molecule has 3 aromatic heterocycles. The van der Waals surface area contributed by atoms with Crippen molar-refractivity contribution in [3.8, 4) is 39.9 Å². The van der Waals surface area contributed by atoms with Crippen LogP contribution in [0.2, 0.25) is 0 Å². The van der Waals surface area contributed by atoms with E-state index in [1.54, 1.807) is 0 Å². The molecule has 0 saturated carbocycles. The maximum Gasteiger partial charge on any atom is 0.164 e. The topological polar surface area (TPSA) is 43.6 Å². The highest BCUT2D eigenvalue weighted by atomic mass is 32.1. The van der Waals surface area contributed by atoms with Crippen molar-refractivity contribution >= 4 is 42.4 Å². The van der Waals surface area contributed by atoms with Crippen molar-refractivity contribution in [2.24, 2.45) is 0 Å². The normalized spacial score (nSPS) is 11.5. The van der Waals surface area contributed by atoms with Crippen LogP contribution < -0.4 is 0 Å². The average Bonchev–Trinajstić information content (AvgIpc) is 3.64. The van der Waals surface area contributed by atoms with E-state index in [1.165, 1.54) is 31.1 Å². The number of thiophene rings is 1. The molecule has 0 aliphatic carbocycles. The Hall–Kier alpha value is -5.13. The molecule has 0 bridgehead atoms. The highest BCUT2D eigenvalue weighted by molar-refractivity contribution is 7.26. The minimum absolute atomic E-state index is 0.651. The molecule has 0 saturated heterocycles. The van der Waals surface area contributed by atoms with Crippen LogP contribution in [-0.4, -0.2) is 19.5 Å². The number of benzene rings is 5. The van der Waals surface area contributed by atoms with Crippen molar-refractivity contribution < 1.29 is 0 Å². The molecule has 0 unspecified atom stereocenters. The first-order chi connectivity index (χ1) is 19.8. The third-order valence-corrected chi connectivity index (χ3v) is 8.47. The molecule has 0 aliphatic rings. The highest BCUT2D eigenvalue weighted by Crippen LogP contribution is 2.39. The van der Waals surface area contributed by atoms with Crippen molar-refractivity contribution in [3.63, 3.8) is 0 Å². The second-order valence-electron chi connectivity index (χ2n) is 9.75. The Labute approximate surface area is 234 Å². The lowest BCUT2D eigenvalue weighted by Gasteiger charge is -2.11. The van der Waals surface area contributed by atoms with Crippen molar-refractivity contribution in [3.05, 3.63) is 134 Å². The predicted octanol–water partition coefficient (Wildman–Crippen LogP) is 9.18. The zero-order chi connectivity index (χ0) is 26.5. The van der Waals surface area contributed by atoms with Gasteiger partial charge in [0.2, 0.25) is 0 Å². The van der Waals surface area contributed by atoms with Crippen LogP contribution in [-0.2, 0) is 0 Å². The van der Waals surface area contributed by atoms with E-state index in [0.717, 1.165) is 22.4 Å². The van der Waals surface area contributed by atoms with Gasteiger partial charge in [-0.1, -0.05) is 103 Å². The van der Waals surface area contributed by atoms with Gasteiger partial charge in [0.05, 0.1) is 10.2 Å². The average molecular weight is 531 g/mol. The van der Waals surface area contributed by atoms with Gasteiger partial charge in [0, 0.05) is 49.4 Å². The molecule has 5 aromatic carbocycles. The quantitative estimate of drug-likeness (QED) is 0.228. The van der Waals surface area contributed by atoms with Gasteiger partial charge in [0.1, 0.15) is 0 Å². The van der Waals surface area contributed by atoms with E-state index < -0.39 is 0 Å². The first kappa shape index (κ1) is 22.8. The zero-order valence-electron chi connectivity index (χ0n) is 21.4. The van der Waals surface area contributed by atoms with E-state index in [-0.39, 0.29) is 0 Å². The molecule has 3 heterocycles. The fraction of sp³-hybridized carbons (Fsp3) is 0. The summed E-state index contributed by atoms with van der Waals surface area (Å²) in [6.07, 6.45) is 2.16. The number of rotatable bonds is 4. The van der Waals surface area contributed by atoms with E-state index in [1.807, 2.05) is 72.0 Å². The third kappa shape index (κ3) is 3.79. The van der Waals surface area contributed by atoms with Crippen LogP contribution in [0.4, 0.5) is 0 Å². The number of hydrogen-bond acceptors (Lipinski definition) is 4. The molecule has 4 nitrogen and oxygen atoms in total. The van der Waals surface area contributed by atoms with E-state index in [0.29, 0.717) is 17.5 Å². The number of aromatic nitrogens is 4. The first-order valence-electron chi connectivity index (χ1n) is 13.2. The summed E-state index contributed by atoms with van der Waals surface area (Å²) in [6, 6.07) is 43.9. The van der Waals surface area contributed by atoms with Gasteiger partial charge in [0.25, 0.3) is 0 Å². The lowest BCUT2D eigenvalue weighted by atomic mass is 10.1. The molecule has 0 fully saturated rings. The molecule has 5 heteroatoms. The molecule has 0 amide bonds. The molecule has 0 aliphatic heterocycles. The summed E-state index contributed by atoms with van der Waals surface area (Å²) in [5.41, 5.74) is 5.16. The predicted molar refractivity (Wildman–Crippen MR) is 166 cm³/mol. The van der Waals surface area contributed by atoms with E-state index >= 15 is 0 Å². The lowest BCUT2D eigenvalue weighted by Crippen LogP contribution is -2.00. The smallest absolute Gasteiger partial charge is 0.164 e. The summed E-state index contributed by atoms with van der Waals surface area (Å²) < 4.78 is 4.89. The van der Waals surface area contributed by atoms with E-state index in [4.69, 9.17) is 15.0 Å². The lowest BCUT2D eigenvalue weighted by molar-refractivity contribution is 1.07. The van der Waals surface area contributed by atoms with E-state index in [9.17, 15) is 0 Å². The number of fused-ring (bicyclic) bond motifs is 5. The second-order valence-corrected chi connectivity index (χ2v) is 10.8. The van der Waals surface area contributed by atoms with Gasteiger partial charge in [-0.2, -0.15) is 0 Å². The van der Waals surface area contributed by atoms with Crippen LogP contribution in [0.15, 0.2) is 134 Å². The first-order valence-corrected chi connectivity index (χ1v) is 14.0. The molecular weight excluding hydrogens is 508 g/mol. The molecule has 0 atom stereocenters. The molecule has 8 rings (SSSR count). The third-order valence-electron chi connectivity index (χ3n) is 7.28. The van der Waals surface area contributed by atoms with Crippen molar-refractivity contribution in [1.29, 1.82) is 0 Å². The molecule has 0 N–H and O–H groups in total. The van der Waals surface area contributed by atoms with E-state index in [2.05, 4.69) is 77.5 Å². The summed E-state index contributed by atoms with van der Waals surface area (Å²) in [4.78, 5) is 14.7. The summed E-state index contributed by atoms with van der Waals surface area (Å²) in [6.45, 7) is 0. The second kappa shape index (κ2) is 9.26. The summed E-state index contributed by atoms with van der Waals surface area (Å²) >= 11 is 1.85. The monoisotopic (exact) mass is 530 g/mol. The minimum Gasteiger partial charge on any atom is -0.315 e. The minimum atomic E-state index is 0.651. The molecule has 0 spiro atoms. The van der Waals surface area contributed by atoms with Crippen LogP contribution in [0.3, 0.4) is 0 Å². The number of nitrogens with zero attached hydrogens (tertiary/aromatic N) is 4. The Balaban J connectivity index is 1.31. The van der Waals surface area contributed by atoms with Gasteiger partial charge in [0.15, 0.2) is 17.5 Å². The summed E-state index contributed by atoms with van der Waals surface area (Å²) in [5, 5.41) is 3.82. The Kier molecular flexibility index (Phi) is 5.28. The van der Waals surface area contributed by atoms with Crippen molar-refractivity contribution in [1.82, 2.24) is 19.5 Å². The molecule has 8 aromatic rings. The SMILES string of the molecule is c1ccc(-c2nc(-c3ccccc3)nc(-c3cccc(-n4ccc5ccc6c7ccccc7sc6c54)c3)n2)cc1. The Morgan fingerprint density at radius 3 is 1.85 bits per heavy atom. The standard InChI is InChI=1S/C35H22N4S/c1-3-10-24(11-4-1)33-36-34(25-12-5-2-6-13-25)38-35(37-33)26-14-9-15-27(22-26)39-21-20-23-18-19-29-28-16-7-8-17-30(28)40-32(29)31(23)39/h1-22H. The molecule has 40 heavy (non-hydrogen) atoms. The van der Waals surface area contributed by atoms with Gasteiger partial charge in [-0.05, 0) is 24.3 Å². The largest absolute Gasteiger partial charge is 0.315 e. The fourth-order valence-corrected chi connectivity index (χ4v) is 6.61. The van der Waals surface area contributed by atoms with Crippen LogP contribution in [0.5, 0.6) is 0 Å². The highest BCUT2D eigenvalue weighted by Gasteiger charge is 2.15. The van der Waals surface area contributed by atoms with Gasteiger partial charge in [-0.3, -0.25) is 0 Å². The number of hydrogen-bond donors (Lipinski definition) is 0. The Morgan fingerprint density at radius 1 is 0.500 bits per heavy atom. The molecular formula is C35H22N4S. The summed E-state index contributed by atoms with van der Waals surface area (Å²) in [7, 11) is 0. The van der Waals surface area contributed by atoms with Gasteiger partial charge in [-0.15, -0.1) is 11.3 Å². The van der Waals surface area contributed by atoms with Crippen LogP contribution >= 0.6 is 11.3 Å². The maximum absolute atomic E-state index is 4.93. The van der Waals surface area contributed by atoms with Crippen LogP contribution in [0.1, 0.15) is 0 Å². The Bertz CT molecular complexity index is 2100. The van der Waals surface area contributed by atoms with Gasteiger partial charge in [-0.25, -0.2) is 15.0 Å². The van der Waals surface area contributed by atoms with Gasteiger partial charge >= 0.3 is 0 Å². The van der Waals surface area contributed by atoms with Crippen molar-refractivity contribution in [2.75, 3.05) is 0 Å².